The second kappa shape index (κ2) is 6.53. The number of methoxy groups -OCH3 is 1. The third kappa shape index (κ3) is 3.46. The van der Waals surface area contributed by atoms with Crippen LogP contribution in [0.25, 0.3) is 0 Å². The first-order valence-electron chi connectivity index (χ1n) is 5.99. The van der Waals surface area contributed by atoms with E-state index < -0.39 is 6.03 Å². The minimum Gasteiger partial charge on any atom is -0.481 e. The molecule has 0 saturated heterocycles. The van der Waals surface area contributed by atoms with E-state index >= 15 is 0 Å². The van der Waals surface area contributed by atoms with Gasteiger partial charge in [-0.25, -0.2) is 9.78 Å². The predicted molar refractivity (Wildman–Crippen MR) is 75.8 cm³/mol. The lowest BCUT2D eigenvalue weighted by Crippen LogP contribution is -2.20. The van der Waals surface area contributed by atoms with Crippen molar-refractivity contribution in [3.63, 3.8) is 0 Å². The maximum atomic E-state index is 11.9. The van der Waals surface area contributed by atoms with E-state index in [1.54, 1.807) is 36.4 Å². The zero-order chi connectivity index (χ0) is 14.4. The molecule has 3 N–H and O–H groups in total. The lowest BCUT2D eigenvalue weighted by molar-refractivity contribution is 0.262. The summed E-state index contributed by atoms with van der Waals surface area (Å²) in [5, 5.41) is 14.5. The molecular weight excluding hydrogens is 258 g/mol. The molecule has 1 heterocycles. The highest BCUT2D eigenvalue weighted by Gasteiger charge is 2.06. The fourth-order valence-electron chi connectivity index (χ4n) is 1.66. The largest absolute Gasteiger partial charge is 0.481 e. The van der Waals surface area contributed by atoms with Crippen molar-refractivity contribution in [2.45, 2.75) is 6.61 Å². The summed E-state index contributed by atoms with van der Waals surface area (Å²) < 4.78 is 4.98. The third-order valence-corrected chi connectivity index (χ3v) is 2.64. The Kier molecular flexibility index (Phi) is 4.52. The van der Waals surface area contributed by atoms with Crippen molar-refractivity contribution >= 4 is 17.4 Å². The van der Waals surface area contributed by atoms with E-state index in [1.165, 1.54) is 13.3 Å². The van der Waals surface area contributed by atoms with Crippen molar-refractivity contribution in [1.29, 1.82) is 0 Å². The van der Waals surface area contributed by atoms with Crippen molar-refractivity contribution in [2.24, 2.45) is 0 Å². The van der Waals surface area contributed by atoms with Crippen LogP contribution in [0.4, 0.5) is 16.2 Å². The number of aliphatic hydroxyl groups is 1. The molecule has 2 amide bonds. The quantitative estimate of drug-likeness (QED) is 0.797. The molecule has 0 bridgehead atoms. The molecule has 2 aromatic rings. The Balaban J connectivity index is 2.05. The van der Waals surface area contributed by atoms with Gasteiger partial charge in [0.2, 0.25) is 5.88 Å². The molecule has 0 aliphatic heterocycles. The highest BCUT2D eigenvalue weighted by molar-refractivity contribution is 6.00. The Morgan fingerprint density at radius 1 is 1.30 bits per heavy atom. The van der Waals surface area contributed by atoms with Gasteiger partial charge in [-0.05, 0) is 12.1 Å². The summed E-state index contributed by atoms with van der Waals surface area (Å²) in [6.07, 6.45) is 1.54. The number of carbonyl (C=O) groups is 1. The Morgan fingerprint density at radius 3 is 2.85 bits per heavy atom. The molecule has 104 valence electrons. The van der Waals surface area contributed by atoms with Crippen LogP contribution >= 0.6 is 0 Å². The Morgan fingerprint density at radius 2 is 2.10 bits per heavy atom. The average molecular weight is 273 g/mol. The Hall–Kier alpha value is -2.60. The smallest absolute Gasteiger partial charge is 0.323 e. The van der Waals surface area contributed by atoms with Crippen LogP contribution in [0.3, 0.4) is 0 Å². The van der Waals surface area contributed by atoms with E-state index in [9.17, 15) is 9.90 Å². The minimum atomic E-state index is -0.404. The molecule has 2 rings (SSSR count). The molecular formula is C14H15N3O3. The fraction of sp³-hybridized carbons (Fsp3) is 0.143. The second-order valence-electron chi connectivity index (χ2n) is 3.98. The van der Waals surface area contributed by atoms with Gasteiger partial charge < -0.3 is 20.5 Å². The van der Waals surface area contributed by atoms with E-state index in [-0.39, 0.29) is 6.61 Å². The first-order chi connectivity index (χ1) is 9.72. The van der Waals surface area contributed by atoms with Crippen LogP contribution in [-0.2, 0) is 6.61 Å². The van der Waals surface area contributed by atoms with Crippen molar-refractivity contribution in [3.05, 3.63) is 48.2 Å². The number of aromatic nitrogens is 1. The van der Waals surface area contributed by atoms with Gasteiger partial charge in [-0.1, -0.05) is 18.2 Å². The molecule has 1 aromatic carbocycles. The number of rotatable bonds is 4. The van der Waals surface area contributed by atoms with Gasteiger partial charge in [0.05, 0.1) is 13.7 Å². The lowest BCUT2D eigenvalue weighted by atomic mass is 10.2. The van der Waals surface area contributed by atoms with Gasteiger partial charge in [0.25, 0.3) is 0 Å². The van der Waals surface area contributed by atoms with Crippen LogP contribution in [0.2, 0.25) is 0 Å². The Labute approximate surface area is 116 Å². The summed E-state index contributed by atoms with van der Waals surface area (Å²) in [5.41, 5.74) is 1.78. The number of nitrogens with one attached hydrogen (secondary N) is 2. The summed E-state index contributed by atoms with van der Waals surface area (Å²) in [6, 6.07) is 9.90. The van der Waals surface area contributed by atoms with Gasteiger partial charge in [0.1, 0.15) is 0 Å². The molecule has 0 fully saturated rings. The SMILES string of the molecule is COc1cc(NC(=O)Nc2ccccc2CO)ccn1. The van der Waals surface area contributed by atoms with Crippen LogP contribution in [0, 0.1) is 0 Å². The second-order valence-corrected chi connectivity index (χ2v) is 3.98. The van der Waals surface area contributed by atoms with E-state index in [2.05, 4.69) is 15.6 Å². The van der Waals surface area contributed by atoms with Crippen molar-refractivity contribution in [1.82, 2.24) is 4.98 Å². The van der Waals surface area contributed by atoms with Crippen molar-refractivity contribution in [3.8, 4) is 5.88 Å². The normalized spacial score (nSPS) is 9.90. The average Bonchev–Trinajstić information content (AvgIpc) is 2.48. The van der Waals surface area contributed by atoms with Crippen LogP contribution < -0.4 is 15.4 Å². The molecule has 20 heavy (non-hydrogen) atoms. The standard InChI is InChI=1S/C14H15N3O3/c1-20-13-8-11(6-7-15-13)16-14(19)17-12-5-3-2-4-10(12)9-18/h2-8,18H,9H2,1H3,(H2,15,16,17,19). The first-order valence-corrected chi connectivity index (χ1v) is 5.99. The monoisotopic (exact) mass is 273 g/mol. The molecule has 0 aliphatic rings. The van der Waals surface area contributed by atoms with Gasteiger partial charge in [-0.3, -0.25) is 0 Å². The van der Waals surface area contributed by atoms with Crippen LogP contribution in [0.15, 0.2) is 42.6 Å². The summed E-state index contributed by atoms with van der Waals surface area (Å²) >= 11 is 0. The van der Waals surface area contributed by atoms with Crippen molar-refractivity contribution < 1.29 is 14.6 Å². The van der Waals surface area contributed by atoms with E-state index in [1.807, 2.05) is 0 Å². The number of nitrogens with zero attached hydrogens (tertiary/aromatic N) is 1. The molecule has 0 unspecified atom stereocenters. The zero-order valence-corrected chi connectivity index (χ0v) is 11.0. The molecule has 1 aromatic heterocycles. The number of ether oxygens (including phenoxy) is 1. The first kappa shape index (κ1) is 13.8. The molecule has 6 nitrogen and oxygen atoms in total. The fourth-order valence-corrected chi connectivity index (χ4v) is 1.66. The number of carbonyl (C=O) groups excluding carboxylic acids is 1. The highest BCUT2D eigenvalue weighted by Crippen LogP contribution is 2.16. The number of hydrogen-bond donors (Lipinski definition) is 3. The molecule has 0 radical (unpaired) electrons. The summed E-state index contributed by atoms with van der Waals surface area (Å²) in [7, 11) is 1.50. The number of aliphatic hydroxyl groups excluding tert-OH is 1. The lowest BCUT2D eigenvalue weighted by Gasteiger charge is -2.10. The molecule has 0 atom stereocenters. The van der Waals surface area contributed by atoms with Gasteiger partial charge >= 0.3 is 6.03 Å². The van der Waals surface area contributed by atoms with Gasteiger partial charge in [0.15, 0.2) is 0 Å². The third-order valence-electron chi connectivity index (χ3n) is 2.64. The predicted octanol–water partition coefficient (Wildman–Crippen LogP) is 2.23. The summed E-state index contributed by atoms with van der Waals surface area (Å²) in [4.78, 5) is 15.8. The number of amides is 2. The van der Waals surface area contributed by atoms with Crippen LogP contribution in [0.1, 0.15) is 5.56 Å². The van der Waals surface area contributed by atoms with Gasteiger partial charge in [-0.2, -0.15) is 0 Å². The summed E-state index contributed by atoms with van der Waals surface area (Å²) in [6.45, 7) is -0.139. The van der Waals surface area contributed by atoms with E-state index in [4.69, 9.17) is 4.74 Å². The zero-order valence-electron chi connectivity index (χ0n) is 11.0. The topological polar surface area (TPSA) is 83.5 Å². The number of anilines is 2. The van der Waals surface area contributed by atoms with E-state index in [0.29, 0.717) is 22.8 Å². The van der Waals surface area contributed by atoms with Crippen LogP contribution in [0.5, 0.6) is 5.88 Å². The maximum absolute atomic E-state index is 11.9. The molecule has 6 heteroatoms. The molecule has 0 saturated carbocycles. The molecule has 0 aliphatic carbocycles. The highest BCUT2D eigenvalue weighted by atomic mass is 16.5. The number of urea groups is 1. The van der Waals surface area contributed by atoms with Crippen LogP contribution in [-0.4, -0.2) is 23.2 Å². The summed E-state index contributed by atoms with van der Waals surface area (Å²) in [5.74, 6) is 0.415. The van der Waals surface area contributed by atoms with Gasteiger partial charge in [0, 0.05) is 29.2 Å². The molecule has 0 spiro atoms. The number of benzene rings is 1. The number of hydrogen-bond acceptors (Lipinski definition) is 4. The number of pyridine rings is 1. The van der Waals surface area contributed by atoms with E-state index in [0.717, 1.165) is 0 Å². The Bertz CT molecular complexity index is 602. The maximum Gasteiger partial charge on any atom is 0.323 e. The number of para-hydroxylation sites is 1. The van der Waals surface area contributed by atoms with Gasteiger partial charge in [-0.15, -0.1) is 0 Å². The van der Waals surface area contributed by atoms with Crippen molar-refractivity contribution in [2.75, 3.05) is 17.7 Å². The minimum absolute atomic E-state index is 0.139.